The number of nitrogens with two attached hydrogens (primary N) is 3. The molecule has 0 aliphatic rings. The van der Waals surface area contributed by atoms with E-state index in [9.17, 15) is 14.7 Å². The molecule has 144 valence electrons. The second-order valence-corrected chi connectivity index (χ2v) is 5.34. The van der Waals surface area contributed by atoms with Gasteiger partial charge >= 0.3 is 11.9 Å². The first-order valence-electron chi connectivity index (χ1n) is 7.64. The predicted octanol–water partition coefficient (Wildman–Crippen LogP) is -2.86. The number of aliphatic carboxylic acids is 1. The molecular formula is C15H25N7O4. The number of guanidine groups is 1. The van der Waals surface area contributed by atoms with Gasteiger partial charge in [0.2, 0.25) is 0 Å². The first kappa shape index (κ1) is 22.8. The third-order valence-electron chi connectivity index (χ3n) is 2.78. The molecule has 0 fully saturated rings. The van der Waals surface area contributed by atoms with Gasteiger partial charge in [-0.2, -0.15) is 0 Å². The Balaban J connectivity index is 0.000000488. The van der Waals surface area contributed by atoms with Crippen molar-refractivity contribution in [1.82, 2.24) is 5.01 Å². The molecule has 11 nitrogen and oxygen atoms in total. The van der Waals surface area contributed by atoms with Crippen LogP contribution in [0.5, 0.6) is 0 Å². The van der Waals surface area contributed by atoms with E-state index >= 15 is 0 Å². The number of aromatic carboxylic acids is 1. The molecule has 0 saturated carbocycles. The van der Waals surface area contributed by atoms with Crippen LogP contribution in [-0.4, -0.2) is 54.7 Å². The van der Waals surface area contributed by atoms with Gasteiger partial charge in [-0.25, -0.2) is 0 Å². The SMILES string of the molecule is CN(C)N=Nc1ccc(C(=O)[O-])cc1.NC(N)=[NH+]CCC[C@@H](N)C(=O)O. The summed E-state index contributed by atoms with van der Waals surface area (Å²) in [7, 11) is 3.50. The van der Waals surface area contributed by atoms with Crippen LogP contribution >= 0.6 is 0 Å². The Labute approximate surface area is 151 Å². The standard InChI is InChI=1S/C9H11N3O2.C6H14N4O2/c1-12(2)11-10-8-5-3-7(4-6-8)9(13)14;7-4(5(11)12)2-1-3-10-6(8)9/h3-6H,1-2H3,(H,13,14);4H,1-3,7H2,(H,11,12)(H4,8,9,10)/t;4-/m.1/s1. The summed E-state index contributed by atoms with van der Waals surface area (Å²) in [4.78, 5) is 23.3. The molecule has 11 heteroatoms. The average Bonchev–Trinajstić information content (AvgIpc) is 2.57. The molecule has 0 aliphatic heterocycles. The Hall–Kier alpha value is -3.21. The lowest BCUT2D eigenvalue weighted by Crippen LogP contribution is -2.78. The number of nitrogens with one attached hydrogen (secondary N) is 1. The summed E-state index contributed by atoms with van der Waals surface area (Å²) in [5, 5.41) is 28.0. The molecule has 0 radical (unpaired) electrons. The van der Waals surface area contributed by atoms with Crippen molar-refractivity contribution in [2.45, 2.75) is 18.9 Å². The fraction of sp³-hybridized carbons (Fsp3) is 0.400. The summed E-state index contributed by atoms with van der Waals surface area (Å²) in [5.74, 6) is -2.04. The van der Waals surface area contributed by atoms with E-state index in [1.54, 1.807) is 31.2 Å². The maximum absolute atomic E-state index is 10.4. The van der Waals surface area contributed by atoms with Crippen molar-refractivity contribution >= 4 is 23.6 Å². The molecule has 0 spiro atoms. The molecular weight excluding hydrogens is 342 g/mol. The van der Waals surface area contributed by atoms with Crippen molar-refractivity contribution in [3.63, 3.8) is 0 Å². The molecule has 1 atom stereocenters. The van der Waals surface area contributed by atoms with Gasteiger partial charge in [0.25, 0.3) is 0 Å². The highest BCUT2D eigenvalue weighted by Crippen LogP contribution is 2.13. The number of carboxylic acids is 2. The quantitative estimate of drug-likeness (QED) is 0.106. The van der Waals surface area contributed by atoms with Gasteiger partial charge in [-0.3, -0.25) is 26.3 Å². The first-order valence-corrected chi connectivity index (χ1v) is 7.64. The second kappa shape index (κ2) is 12.2. The molecule has 1 aromatic rings. The number of carboxylic acid groups (broad SMARTS) is 2. The Morgan fingerprint density at radius 2 is 1.85 bits per heavy atom. The van der Waals surface area contributed by atoms with Crippen LogP contribution in [0.4, 0.5) is 5.69 Å². The normalized spacial score (nSPS) is 11.2. The van der Waals surface area contributed by atoms with E-state index in [0.717, 1.165) is 0 Å². The number of hydrogen-bond acceptors (Lipinski definition) is 6. The van der Waals surface area contributed by atoms with E-state index in [1.165, 1.54) is 12.1 Å². The Bertz CT molecular complexity index is 625. The molecule has 0 aliphatic carbocycles. The van der Waals surface area contributed by atoms with Crippen molar-refractivity contribution in [2.24, 2.45) is 27.5 Å². The van der Waals surface area contributed by atoms with Gasteiger partial charge in [0.15, 0.2) is 0 Å². The number of hydrogen-bond donors (Lipinski definition) is 5. The lowest BCUT2D eigenvalue weighted by molar-refractivity contribution is -0.459. The van der Waals surface area contributed by atoms with E-state index < -0.39 is 18.0 Å². The van der Waals surface area contributed by atoms with E-state index in [2.05, 4.69) is 15.3 Å². The Kier molecular flexibility index (Phi) is 10.7. The van der Waals surface area contributed by atoms with Crippen molar-refractivity contribution in [2.75, 3.05) is 20.6 Å². The van der Waals surface area contributed by atoms with Crippen LogP contribution in [0.1, 0.15) is 23.2 Å². The average molecular weight is 367 g/mol. The number of nitrogens with zero attached hydrogens (tertiary/aromatic N) is 3. The third-order valence-corrected chi connectivity index (χ3v) is 2.78. The fourth-order valence-electron chi connectivity index (χ4n) is 1.48. The zero-order valence-electron chi connectivity index (χ0n) is 14.8. The highest BCUT2D eigenvalue weighted by molar-refractivity contribution is 5.86. The summed E-state index contributed by atoms with van der Waals surface area (Å²) in [5.41, 5.74) is 16.2. The third kappa shape index (κ3) is 11.3. The van der Waals surface area contributed by atoms with Crippen LogP contribution in [0.3, 0.4) is 0 Å². The van der Waals surface area contributed by atoms with E-state index in [-0.39, 0.29) is 11.5 Å². The van der Waals surface area contributed by atoms with Gasteiger partial charge < -0.3 is 20.7 Å². The number of carbonyl (C=O) groups excluding carboxylic acids is 1. The van der Waals surface area contributed by atoms with Gasteiger partial charge in [0.1, 0.15) is 6.04 Å². The molecule has 8 N–H and O–H groups in total. The lowest BCUT2D eigenvalue weighted by atomic mass is 10.2. The maximum Gasteiger partial charge on any atom is 0.338 e. The van der Waals surface area contributed by atoms with Gasteiger partial charge in [-0.1, -0.05) is 17.4 Å². The monoisotopic (exact) mass is 367 g/mol. The van der Waals surface area contributed by atoms with Crippen LogP contribution in [-0.2, 0) is 4.79 Å². The van der Waals surface area contributed by atoms with Gasteiger partial charge in [0, 0.05) is 14.1 Å². The van der Waals surface area contributed by atoms with Crippen molar-refractivity contribution in [3.05, 3.63) is 29.8 Å². The fourth-order valence-corrected chi connectivity index (χ4v) is 1.48. The zero-order chi connectivity index (χ0) is 20.1. The molecule has 0 heterocycles. The Morgan fingerprint density at radius 3 is 2.27 bits per heavy atom. The highest BCUT2D eigenvalue weighted by Gasteiger charge is 2.09. The summed E-state index contributed by atoms with van der Waals surface area (Å²) in [6.45, 7) is 0.545. The number of rotatable bonds is 8. The van der Waals surface area contributed by atoms with E-state index in [1.807, 2.05) is 0 Å². The highest BCUT2D eigenvalue weighted by atomic mass is 16.4. The number of carbonyl (C=O) groups is 2. The molecule has 0 bridgehead atoms. The predicted molar refractivity (Wildman–Crippen MR) is 93.0 cm³/mol. The molecule has 1 rings (SSSR count). The van der Waals surface area contributed by atoms with Crippen molar-refractivity contribution < 1.29 is 24.8 Å². The molecule has 0 amide bonds. The lowest BCUT2D eigenvalue weighted by Gasteiger charge is -2.02. The first-order chi connectivity index (χ1) is 12.1. The topological polar surface area (TPSA) is 197 Å². The van der Waals surface area contributed by atoms with Crippen LogP contribution in [0.15, 0.2) is 34.6 Å². The van der Waals surface area contributed by atoms with Crippen LogP contribution in [0.2, 0.25) is 0 Å². The van der Waals surface area contributed by atoms with Crippen LogP contribution in [0.25, 0.3) is 0 Å². The maximum atomic E-state index is 10.4. The largest absolute Gasteiger partial charge is 0.545 e. The summed E-state index contributed by atoms with van der Waals surface area (Å²) in [6.07, 6.45) is 1.04. The minimum absolute atomic E-state index is 0.133. The van der Waals surface area contributed by atoms with Crippen LogP contribution < -0.4 is 27.3 Å². The van der Waals surface area contributed by atoms with E-state index in [4.69, 9.17) is 22.3 Å². The summed E-state index contributed by atoms with van der Waals surface area (Å²) >= 11 is 0. The van der Waals surface area contributed by atoms with Gasteiger partial charge in [0.05, 0.1) is 18.2 Å². The van der Waals surface area contributed by atoms with Gasteiger partial charge in [-0.05, 0) is 30.5 Å². The Morgan fingerprint density at radius 1 is 1.27 bits per heavy atom. The van der Waals surface area contributed by atoms with Crippen molar-refractivity contribution in [3.8, 4) is 0 Å². The molecule has 0 saturated heterocycles. The minimum Gasteiger partial charge on any atom is -0.545 e. The molecule has 0 aromatic heterocycles. The van der Waals surface area contributed by atoms with Gasteiger partial charge in [-0.15, -0.1) is 5.11 Å². The number of benzene rings is 1. The van der Waals surface area contributed by atoms with Crippen LogP contribution in [0, 0.1) is 0 Å². The summed E-state index contributed by atoms with van der Waals surface area (Å²) in [6, 6.07) is 5.19. The molecule has 1 aromatic carbocycles. The second-order valence-electron chi connectivity index (χ2n) is 5.34. The minimum atomic E-state index is -1.19. The molecule has 26 heavy (non-hydrogen) atoms. The van der Waals surface area contributed by atoms with Crippen molar-refractivity contribution in [1.29, 1.82) is 0 Å². The summed E-state index contributed by atoms with van der Waals surface area (Å²) < 4.78 is 0. The molecule has 0 unspecified atom stereocenters. The zero-order valence-corrected chi connectivity index (χ0v) is 14.8. The smallest absolute Gasteiger partial charge is 0.338 e. The van der Waals surface area contributed by atoms with E-state index in [0.29, 0.717) is 25.1 Å².